The highest BCUT2D eigenvalue weighted by atomic mass is 16.5. The van der Waals surface area contributed by atoms with Gasteiger partial charge in [0.15, 0.2) is 0 Å². The highest BCUT2D eigenvalue weighted by Crippen LogP contribution is 2.35. The summed E-state index contributed by atoms with van der Waals surface area (Å²) >= 11 is 0. The van der Waals surface area contributed by atoms with E-state index in [9.17, 15) is 9.59 Å². The molecule has 3 aromatic carbocycles. The number of nitrogens with one attached hydrogen (secondary N) is 1. The van der Waals surface area contributed by atoms with Crippen molar-refractivity contribution in [3.63, 3.8) is 0 Å². The van der Waals surface area contributed by atoms with Crippen molar-refractivity contribution in [2.45, 2.75) is 25.4 Å². The number of anilines is 2. The minimum absolute atomic E-state index is 0.0128. The zero-order chi connectivity index (χ0) is 25.2. The van der Waals surface area contributed by atoms with Gasteiger partial charge in [-0.05, 0) is 41.5 Å². The summed E-state index contributed by atoms with van der Waals surface area (Å²) in [6.07, 6.45) is 0.176. The summed E-state index contributed by atoms with van der Waals surface area (Å²) in [5, 5.41) is 2.89. The van der Waals surface area contributed by atoms with E-state index in [4.69, 9.17) is 4.74 Å². The first-order chi connectivity index (χ1) is 18.1. The number of carbonyl (C=O) groups excluding carboxylic acids is 2. The lowest BCUT2D eigenvalue weighted by Gasteiger charge is -2.36. The summed E-state index contributed by atoms with van der Waals surface area (Å²) in [4.78, 5) is 32.7. The molecule has 1 saturated heterocycles. The summed E-state index contributed by atoms with van der Waals surface area (Å²) in [5.41, 5.74) is 5.17. The largest absolute Gasteiger partial charge is 0.491 e. The molecule has 0 bridgehead atoms. The third-order valence-electron chi connectivity index (χ3n) is 7.61. The fourth-order valence-corrected chi connectivity index (χ4v) is 5.65. The Morgan fingerprint density at radius 1 is 0.919 bits per heavy atom. The van der Waals surface area contributed by atoms with Crippen LogP contribution in [0.5, 0.6) is 5.75 Å². The molecule has 7 heteroatoms. The van der Waals surface area contributed by atoms with Crippen LogP contribution in [0.3, 0.4) is 0 Å². The third-order valence-corrected chi connectivity index (χ3v) is 7.61. The van der Waals surface area contributed by atoms with E-state index < -0.39 is 5.92 Å². The van der Waals surface area contributed by atoms with Crippen molar-refractivity contribution < 1.29 is 14.3 Å². The SMILES string of the molecule is O=C1CC(C(=O)N2CCOc3ccc(CN4CCN(c5ccccc5)CC4)cc3C2)c2ccccc2N1. The minimum Gasteiger partial charge on any atom is -0.491 e. The first-order valence-corrected chi connectivity index (χ1v) is 13.1. The number of piperazine rings is 1. The van der Waals surface area contributed by atoms with Crippen LogP contribution in [0, 0.1) is 0 Å². The molecule has 3 aromatic rings. The van der Waals surface area contributed by atoms with Gasteiger partial charge < -0.3 is 19.9 Å². The molecule has 7 nitrogen and oxygen atoms in total. The first kappa shape index (κ1) is 23.6. The maximum absolute atomic E-state index is 13.7. The molecule has 190 valence electrons. The van der Waals surface area contributed by atoms with Gasteiger partial charge in [0.05, 0.1) is 12.5 Å². The number of carbonyl (C=O) groups is 2. The Balaban J connectivity index is 1.14. The molecule has 3 heterocycles. The van der Waals surface area contributed by atoms with Gasteiger partial charge in [-0.15, -0.1) is 0 Å². The Morgan fingerprint density at radius 2 is 1.70 bits per heavy atom. The Bertz CT molecular complexity index is 1290. The maximum atomic E-state index is 13.7. The average Bonchev–Trinajstić information content (AvgIpc) is 3.15. The van der Waals surface area contributed by atoms with Gasteiger partial charge in [0, 0.05) is 62.6 Å². The molecule has 0 radical (unpaired) electrons. The third kappa shape index (κ3) is 5.04. The molecule has 1 N–H and O–H groups in total. The monoisotopic (exact) mass is 496 g/mol. The number of fused-ring (bicyclic) bond motifs is 2. The summed E-state index contributed by atoms with van der Waals surface area (Å²) in [6.45, 7) is 6.36. The second-order valence-corrected chi connectivity index (χ2v) is 10.0. The number of amides is 2. The zero-order valence-electron chi connectivity index (χ0n) is 20.9. The van der Waals surface area contributed by atoms with E-state index >= 15 is 0 Å². The van der Waals surface area contributed by atoms with E-state index in [-0.39, 0.29) is 18.2 Å². The number of rotatable bonds is 4. The van der Waals surface area contributed by atoms with Crippen molar-refractivity contribution in [3.05, 3.63) is 89.5 Å². The molecular weight excluding hydrogens is 464 g/mol. The standard InChI is InChI=1S/C30H32N4O3/c35-29-19-26(25-8-4-5-9-27(25)31-29)30(36)34-16-17-37-28-11-10-22(18-23(28)21-34)20-32-12-14-33(15-13-32)24-6-2-1-3-7-24/h1-11,18,26H,12-17,19-21H2,(H,31,35). The Morgan fingerprint density at radius 3 is 2.54 bits per heavy atom. The van der Waals surface area contributed by atoms with E-state index in [1.807, 2.05) is 35.2 Å². The van der Waals surface area contributed by atoms with Crippen molar-refractivity contribution in [2.24, 2.45) is 0 Å². The molecule has 3 aliphatic heterocycles. The van der Waals surface area contributed by atoms with Gasteiger partial charge in [-0.3, -0.25) is 14.5 Å². The molecular formula is C30H32N4O3. The van der Waals surface area contributed by atoms with Crippen LogP contribution < -0.4 is 15.0 Å². The fraction of sp³-hybridized carbons (Fsp3) is 0.333. The normalized spacial score (nSPS) is 19.8. The van der Waals surface area contributed by atoms with Crippen molar-refractivity contribution >= 4 is 23.2 Å². The Kier molecular flexibility index (Phi) is 6.53. The van der Waals surface area contributed by atoms with Crippen LogP contribution in [-0.4, -0.2) is 60.9 Å². The second kappa shape index (κ2) is 10.3. The zero-order valence-corrected chi connectivity index (χ0v) is 20.9. The van der Waals surface area contributed by atoms with Crippen LogP contribution in [0.4, 0.5) is 11.4 Å². The number of para-hydroxylation sites is 2. The second-order valence-electron chi connectivity index (χ2n) is 10.0. The van der Waals surface area contributed by atoms with Crippen LogP contribution in [0.1, 0.15) is 29.0 Å². The topological polar surface area (TPSA) is 65.1 Å². The van der Waals surface area contributed by atoms with Gasteiger partial charge in [0.1, 0.15) is 12.4 Å². The molecule has 2 amide bonds. The van der Waals surface area contributed by atoms with Gasteiger partial charge in [-0.2, -0.15) is 0 Å². The number of nitrogens with zero attached hydrogens (tertiary/aromatic N) is 3. The van der Waals surface area contributed by atoms with Crippen LogP contribution in [0.2, 0.25) is 0 Å². The van der Waals surface area contributed by atoms with Gasteiger partial charge in [0.25, 0.3) is 0 Å². The lowest BCUT2D eigenvalue weighted by molar-refractivity contribution is -0.135. The molecule has 0 aliphatic carbocycles. The molecule has 1 fully saturated rings. The maximum Gasteiger partial charge on any atom is 0.231 e. The summed E-state index contributed by atoms with van der Waals surface area (Å²) in [6, 6.07) is 24.6. The lowest BCUT2D eigenvalue weighted by atomic mass is 9.89. The molecule has 0 spiro atoms. The smallest absolute Gasteiger partial charge is 0.231 e. The minimum atomic E-state index is -0.462. The van der Waals surface area contributed by atoms with Crippen molar-refractivity contribution in [2.75, 3.05) is 49.5 Å². The Labute approximate surface area is 217 Å². The van der Waals surface area contributed by atoms with Crippen molar-refractivity contribution in [1.29, 1.82) is 0 Å². The fourth-order valence-electron chi connectivity index (χ4n) is 5.65. The van der Waals surface area contributed by atoms with Crippen LogP contribution in [-0.2, 0) is 22.7 Å². The van der Waals surface area contributed by atoms with Gasteiger partial charge in [-0.1, -0.05) is 42.5 Å². The number of ether oxygens (including phenoxy) is 1. The molecule has 3 aliphatic rings. The molecule has 0 aromatic heterocycles. The van der Waals surface area contributed by atoms with E-state index in [2.05, 4.69) is 57.6 Å². The Hall–Kier alpha value is -3.84. The molecule has 1 atom stereocenters. The summed E-state index contributed by atoms with van der Waals surface area (Å²) < 4.78 is 6.02. The van der Waals surface area contributed by atoms with E-state index in [1.54, 1.807) is 0 Å². The number of hydrogen-bond donors (Lipinski definition) is 1. The van der Waals surface area contributed by atoms with E-state index in [1.165, 1.54) is 11.3 Å². The molecule has 0 saturated carbocycles. The van der Waals surface area contributed by atoms with Crippen molar-refractivity contribution in [1.82, 2.24) is 9.80 Å². The number of hydrogen-bond acceptors (Lipinski definition) is 5. The van der Waals surface area contributed by atoms with Gasteiger partial charge >= 0.3 is 0 Å². The molecule has 6 rings (SSSR count). The predicted molar refractivity (Wildman–Crippen MR) is 144 cm³/mol. The number of benzene rings is 3. The van der Waals surface area contributed by atoms with Crippen LogP contribution in [0.25, 0.3) is 0 Å². The average molecular weight is 497 g/mol. The van der Waals surface area contributed by atoms with Gasteiger partial charge in [-0.25, -0.2) is 0 Å². The molecule has 1 unspecified atom stereocenters. The highest BCUT2D eigenvalue weighted by molar-refractivity contribution is 6.01. The highest BCUT2D eigenvalue weighted by Gasteiger charge is 2.34. The van der Waals surface area contributed by atoms with Crippen LogP contribution >= 0.6 is 0 Å². The van der Waals surface area contributed by atoms with Gasteiger partial charge in [0.2, 0.25) is 11.8 Å². The van der Waals surface area contributed by atoms with E-state index in [0.29, 0.717) is 19.7 Å². The lowest BCUT2D eigenvalue weighted by Crippen LogP contribution is -2.45. The van der Waals surface area contributed by atoms with E-state index in [0.717, 1.165) is 55.3 Å². The van der Waals surface area contributed by atoms with Crippen molar-refractivity contribution in [3.8, 4) is 5.75 Å². The quantitative estimate of drug-likeness (QED) is 0.594. The summed E-state index contributed by atoms with van der Waals surface area (Å²) in [7, 11) is 0. The first-order valence-electron chi connectivity index (χ1n) is 13.1. The predicted octanol–water partition coefficient (Wildman–Crippen LogP) is 3.86. The summed E-state index contributed by atoms with van der Waals surface area (Å²) in [5.74, 6) is 0.254. The molecule has 37 heavy (non-hydrogen) atoms. The van der Waals surface area contributed by atoms with Crippen LogP contribution in [0.15, 0.2) is 72.8 Å².